The Morgan fingerprint density at radius 1 is 1.03 bits per heavy atom. The number of benzene rings is 3. The van der Waals surface area contributed by atoms with Crippen molar-refractivity contribution in [3.8, 4) is 11.5 Å². The number of hydrogen-bond acceptors (Lipinski definition) is 6. The molecule has 7 nitrogen and oxygen atoms in total. The maximum absolute atomic E-state index is 12.8. The van der Waals surface area contributed by atoms with E-state index >= 15 is 0 Å². The zero-order valence-electron chi connectivity index (χ0n) is 18.4. The van der Waals surface area contributed by atoms with E-state index in [0.717, 1.165) is 23.3 Å². The van der Waals surface area contributed by atoms with Crippen LogP contribution in [0.15, 0.2) is 65.8 Å². The smallest absolute Gasteiger partial charge is 0.416 e. The Morgan fingerprint density at radius 2 is 1.76 bits per heavy atom. The number of nitro benzene ring substituents is 1. The monoisotopic (exact) mass is 473 g/mol. The van der Waals surface area contributed by atoms with Gasteiger partial charge in [0.25, 0.3) is 5.69 Å². The van der Waals surface area contributed by atoms with Gasteiger partial charge >= 0.3 is 6.18 Å². The number of nitro groups is 1. The molecule has 0 aliphatic heterocycles. The summed E-state index contributed by atoms with van der Waals surface area (Å²) in [6.45, 7) is 4.59. The Kier molecular flexibility index (Phi) is 7.72. The molecular formula is C24H22F3N3O4. The molecule has 178 valence electrons. The van der Waals surface area contributed by atoms with E-state index in [-0.39, 0.29) is 5.69 Å². The fourth-order valence-electron chi connectivity index (χ4n) is 2.97. The molecule has 0 aromatic heterocycles. The molecule has 0 aliphatic carbocycles. The maximum Gasteiger partial charge on any atom is 0.416 e. The highest BCUT2D eigenvalue weighted by atomic mass is 19.4. The van der Waals surface area contributed by atoms with Crippen LogP contribution in [0, 0.1) is 17.0 Å². The van der Waals surface area contributed by atoms with Crippen LogP contribution in [0.3, 0.4) is 0 Å². The van der Waals surface area contributed by atoms with Gasteiger partial charge in [-0.1, -0.05) is 29.8 Å². The summed E-state index contributed by atoms with van der Waals surface area (Å²) < 4.78 is 50.0. The third kappa shape index (κ3) is 6.47. The molecule has 3 aromatic carbocycles. The van der Waals surface area contributed by atoms with Crippen LogP contribution in [0.1, 0.15) is 29.2 Å². The van der Waals surface area contributed by atoms with E-state index in [0.29, 0.717) is 36.3 Å². The fourth-order valence-corrected chi connectivity index (χ4v) is 2.97. The van der Waals surface area contributed by atoms with E-state index < -0.39 is 22.4 Å². The highest BCUT2D eigenvalue weighted by Gasteiger charge is 2.33. The molecule has 34 heavy (non-hydrogen) atoms. The summed E-state index contributed by atoms with van der Waals surface area (Å²) in [5, 5.41) is 15.1. The zero-order chi connectivity index (χ0) is 24.7. The molecule has 0 saturated heterocycles. The molecule has 0 heterocycles. The zero-order valence-corrected chi connectivity index (χ0v) is 18.4. The average molecular weight is 473 g/mol. The summed E-state index contributed by atoms with van der Waals surface area (Å²) in [7, 11) is 0. The van der Waals surface area contributed by atoms with Gasteiger partial charge in [0.05, 0.1) is 23.3 Å². The number of aryl methyl sites for hydroxylation is 1. The van der Waals surface area contributed by atoms with E-state index in [2.05, 4.69) is 10.5 Å². The van der Waals surface area contributed by atoms with E-state index in [4.69, 9.17) is 9.47 Å². The van der Waals surface area contributed by atoms with Crippen LogP contribution in [-0.2, 0) is 12.8 Å². The molecule has 1 N–H and O–H groups in total. The summed E-state index contributed by atoms with van der Waals surface area (Å²) >= 11 is 0. The van der Waals surface area contributed by atoms with E-state index in [1.54, 1.807) is 18.2 Å². The predicted molar refractivity (Wildman–Crippen MR) is 122 cm³/mol. The lowest BCUT2D eigenvalue weighted by atomic mass is 10.1. The SMILES string of the molecule is CCOc1cc(/C=N\Nc2ccc(C(F)(F)F)cc2[N+](=O)[O-])ccc1OCc1ccc(C)cc1. The highest BCUT2D eigenvalue weighted by Crippen LogP contribution is 2.35. The topological polar surface area (TPSA) is 86.0 Å². The second-order valence-corrected chi connectivity index (χ2v) is 7.27. The van der Waals surface area contributed by atoms with Crippen LogP contribution in [0.25, 0.3) is 0 Å². The third-order valence-electron chi connectivity index (χ3n) is 4.70. The van der Waals surface area contributed by atoms with Gasteiger partial charge < -0.3 is 9.47 Å². The number of ether oxygens (including phenoxy) is 2. The van der Waals surface area contributed by atoms with Crippen LogP contribution in [0.5, 0.6) is 11.5 Å². The first-order valence-corrected chi connectivity index (χ1v) is 10.3. The highest BCUT2D eigenvalue weighted by molar-refractivity contribution is 5.82. The molecule has 0 fully saturated rings. The summed E-state index contributed by atoms with van der Waals surface area (Å²) in [5.41, 5.74) is 3.15. The molecule has 0 radical (unpaired) electrons. The van der Waals surface area contributed by atoms with E-state index in [1.165, 1.54) is 6.21 Å². The quantitative estimate of drug-likeness (QED) is 0.222. The number of rotatable bonds is 9. The van der Waals surface area contributed by atoms with Crippen LogP contribution in [0.2, 0.25) is 0 Å². The molecule has 0 atom stereocenters. The second-order valence-electron chi connectivity index (χ2n) is 7.27. The molecule has 0 saturated carbocycles. The molecule has 0 bridgehead atoms. The lowest BCUT2D eigenvalue weighted by molar-refractivity contribution is -0.384. The Morgan fingerprint density at radius 3 is 2.41 bits per heavy atom. The van der Waals surface area contributed by atoms with Gasteiger partial charge in [-0.15, -0.1) is 0 Å². The molecular weight excluding hydrogens is 451 g/mol. The Bertz CT molecular complexity index is 1180. The van der Waals surface area contributed by atoms with Gasteiger partial charge in [-0.3, -0.25) is 15.5 Å². The predicted octanol–water partition coefficient (Wildman–Crippen LogP) is 6.35. The van der Waals surface area contributed by atoms with Crippen molar-refractivity contribution in [1.82, 2.24) is 0 Å². The van der Waals surface area contributed by atoms with Crippen molar-refractivity contribution in [2.75, 3.05) is 12.0 Å². The molecule has 0 unspecified atom stereocenters. The Hall–Kier alpha value is -4.08. The summed E-state index contributed by atoms with van der Waals surface area (Å²) in [5.74, 6) is 1.02. The number of nitrogens with zero attached hydrogens (tertiary/aromatic N) is 2. The molecule has 3 aromatic rings. The fraction of sp³-hybridized carbons (Fsp3) is 0.208. The number of alkyl halides is 3. The Labute approximate surface area is 194 Å². The normalized spacial score (nSPS) is 11.4. The maximum atomic E-state index is 12.8. The molecule has 0 spiro atoms. The number of hydrogen-bond donors (Lipinski definition) is 1. The van der Waals surface area contributed by atoms with Crippen molar-refractivity contribution >= 4 is 17.6 Å². The third-order valence-corrected chi connectivity index (χ3v) is 4.70. The standard InChI is InChI=1S/C24H22F3N3O4/c1-3-33-23-12-18(8-11-22(23)34-15-17-6-4-16(2)5-7-17)14-28-29-20-10-9-19(24(25,26)27)13-21(20)30(31)32/h4-14,29H,3,15H2,1-2H3/b28-14-. The number of hydrazone groups is 1. The minimum Gasteiger partial charge on any atom is -0.490 e. The van der Waals surface area contributed by atoms with Crippen LogP contribution >= 0.6 is 0 Å². The molecule has 0 aliphatic rings. The second kappa shape index (κ2) is 10.7. The largest absolute Gasteiger partial charge is 0.490 e. The molecule has 3 rings (SSSR count). The summed E-state index contributed by atoms with van der Waals surface area (Å²) in [4.78, 5) is 10.3. The summed E-state index contributed by atoms with van der Waals surface area (Å²) in [6, 6.07) is 15.2. The van der Waals surface area contributed by atoms with Gasteiger partial charge in [0.2, 0.25) is 0 Å². The number of anilines is 1. The Balaban J connectivity index is 1.74. The molecule has 10 heteroatoms. The van der Waals surface area contributed by atoms with Crippen molar-refractivity contribution in [3.05, 3.63) is 93.0 Å². The lowest BCUT2D eigenvalue weighted by Crippen LogP contribution is -2.06. The van der Waals surface area contributed by atoms with Crippen molar-refractivity contribution in [2.45, 2.75) is 26.6 Å². The first-order valence-electron chi connectivity index (χ1n) is 10.3. The van der Waals surface area contributed by atoms with E-state index in [9.17, 15) is 23.3 Å². The molecule has 0 amide bonds. The minimum absolute atomic E-state index is 0.169. The summed E-state index contributed by atoms with van der Waals surface area (Å²) in [6.07, 6.45) is -3.32. The van der Waals surface area contributed by atoms with Gasteiger partial charge in [-0.25, -0.2) is 0 Å². The van der Waals surface area contributed by atoms with Crippen molar-refractivity contribution in [3.63, 3.8) is 0 Å². The van der Waals surface area contributed by atoms with Gasteiger partial charge in [0, 0.05) is 6.07 Å². The van der Waals surface area contributed by atoms with Gasteiger partial charge in [0.1, 0.15) is 12.3 Å². The lowest BCUT2D eigenvalue weighted by Gasteiger charge is -2.13. The first-order chi connectivity index (χ1) is 16.2. The van der Waals surface area contributed by atoms with Gasteiger partial charge in [0.15, 0.2) is 11.5 Å². The van der Waals surface area contributed by atoms with Crippen molar-refractivity contribution in [1.29, 1.82) is 0 Å². The first kappa shape index (κ1) is 24.6. The van der Waals surface area contributed by atoms with Crippen LogP contribution in [0.4, 0.5) is 24.5 Å². The van der Waals surface area contributed by atoms with Crippen LogP contribution in [-0.4, -0.2) is 17.7 Å². The number of nitrogens with one attached hydrogen (secondary N) is 1. The van der Waals surface area contributed by atoms with E-state index in [1.807, 2.05) is 38.1 Å². The van der Waals surface area contributed by atoms with Crippen molar-refractivity contribution in [2.24, 2.45) is 5.10 Å². The van der Waals surface area contributed by atoms with Crippen LogP contribution < -0.4 is 14.9 Å². The van der Waals surface area contributed by atoms with Gasteiger partial charge in [-0.2, -0.15) is 18.3 Å². The van der Waals surface area contributed by atoms with Gasteiger partial charge in [-0.05, 0) is 55.3 Å². The van der Waals surface area contributed by atoms with Crippen molar-refractivity contribution < 1.29 is 27.6 Å². The number of halogens is 3. The average Bonchev–Trinajstić information content (AvgIpc) is 2.79. The minimum atomic E-state index is -4.69.